The Morgan fingerprint density at radius 3 is 1.88 bits per heavy atom. The molecule has 0 aliphatic carbocycles. The van der Waals surface area contributed by atoms with Crippen molar-refractivity contribution in [1.82, 2.24) is 0 Å². The van der Waals surface area contributed by atoms with Crippen molar-refractivity contribution in [3.8, 4) is 0 Å². The third-order valence-corrected chi connectivity index (χ3v) is 8.15. The Balaban J connectivity index is 1.76. The Bertz CT molecular complexity index is 1630. The maximum absolute atomic E-state index is 13.6. The highest BCUT2D eigenvalue weighted by molar-refractivity contribution is 7.93. The molecule has 0 aliphatic rings. The Labute approximate surface area is 235 Å². The van der Waals surface area contributed by atoms with E-state index < -0.39 is 15.9 Å². The molecule has 0 radical (unpaired) electrons. The highest BCUT2D eigenvalue weighted by Gasteiger charge is 2.30. The highest BCUT2D eigenvalue weighted by atomic mass is 32.2. The van der Waals surface area contributed by atoms with Crippen LogP contribution in [0, 0.1) is 0 Å². The second kappa shape index (κ2) is 12.4. The van der Waals surface area contributed by atoms with Gasteiger partial charge in [-0.1, -0.05) is 85.5 Å². The van der Waals surface area contributed by atoms with Crippen molar-refractivity contribution in [2.24, 2.45) is 0 Å². The molecule has 6 nitrogen and oxygen atoms in total. The van der Waals surface area contributed by atoms with Crippen molar-refractivity contribution in [3.63, 3.8) is 0 Å². The van der Waals surface area contributed by atoms with Gasteiger partial charge in [0.05, 0.1) is 10.6 Å². The fourth-order valence-electron chi connectivity index (χ4n) is 4.62. The Morgan fingerprint density at radius 1 is 0.800 bits per heavy atom. The summed E-state index contributed by atoms with van der Waals surface area (Å²) in [7, 11) is -4.27. The number of carbonyl (C=O) groups excluding carboxylic acids is 2. The predicted molar refractivity (Wildman–Crippen MR) is 160 cm³/mol. The van der Waals surface area contributed by atoms with Crippen LogP contribution in [0.3, 0.4) is 0 Å². The number of rotatable bonds is 9. The first-order chi connectivity index (χ1) is 19.3. The second-order valence-corrected chi connectivity index (χ2v) is 10.8. The van der Waals surface area contributed by atoms with E-state index in [-0.39, 0.29) is 22.4 Å². The van der Waals surface area contributed by atoms with E-state index in [0.717, 1.165) is 32.6 Å². The van der Waals surface area contributed by atoms with Gasteiger partial charge < -0.3 is 5.32 Å². The summed E-state index contributed by atoms with van der Waals surface area (Å²) in [6.07, 6.45) is 3.06. The molecular weight excluding hydrogens is 520 g/mol. The number of anilines is 2. The van der Waals surface area contributed by atoms with E-state index in [1.165, 1.54) is 31.2 Å². The quantitative estimate of drug-likeness (QED) is 0.233. The van der Waals surface area contributed by atoms with Crippen LogP contribution in [0.2, 0.25) is 0 Å². The van der Waals surface area contributed by atoms with Gasteiger partial charge >= 0.3 is 0 Å². The van der Waals surface area contributed by atoms with Crippen molar-refractivity contribution in [3.05, 3.63) is 145 Å². The summed E-state index contributed by atoms with van der Waals surface area (Å²) in [5.74, 6) is -1.18. The SMILES string of the molecule is C=CC(=O)N(c1ccc(C(C(=CC)c2ccccc2)c2ccccc2)cc1)S(=O)(=O)c1ccc(NC(C)=O)cc1. The number of sulfonamides is 1. The molecule has 40 heavy (non-hydrogen) atoms. The standard InChI is InChI=1S/C33H30N2O4S/c1-4-31(25-12-8-6-9-13-25)33(26-14-10-7-11-15-26)27-16-20-29(21-17-27)35(32(37)5-2)40(38,39)30-22-18-28(19-23-30)34-24(3)36/h4-23,33H,2H2,1,3H3,(H,34,36). The Kier molecular flexibility index (Phi) is 8.76. The average Bonchev–Trinajstić information content (AvgIpc) is 2.97. The Morgan fingerprint density at radius 2 is 1.35 bits per heavy atom. The van der Waals surface area contributed by atoms with E-state index in [0.29, 0.717) is 5.69 Å². The van der Waals surface area contributed by atoms with Gasteiger partial charge in [-0.25, -0.2) is 8.42 Å². The highest BCUT2D eigenvalue weighted by Crippen LogP contribution is 2.38. The maximum atomic E-state index is 13.6. The predicted octanol–water partition coefficient (Wildman–Crippen LogP) is 6.79. The molecule has 1 N–H and O–H groups in total. The monoisotopic (exact) mass is 550 g/mol. The number of hydrogen-bond acceptors (Lipinski definition) is 4. The molecule has 2 amide bonds. The van der Waals surface area contributed by atoms with Gasteiger partial charge in [0, 0.05) is 18.5 Å². The molecule has 0 aromatic heterocycles. The molecule has 0 fully saturated rings. The molecule has 202 valence electrons. The van der Waals surface area contributed by atoms with Gasteiger partial charge in [-0.2, -0.15) is 4.31 Å². The maximum Gasteiger partial charge on any atom is 0.271 e. The number of carbonyl (C=O) groups is 2. The van der Waals surface area contributed by atoms with Gasteiger partial charge in [-0.05, 0) is 71.7 Å². The summed E-state index contributed by atoms with van der Waals surface area (Å²) < 4.78 is 28.0. The minimum absolute atomic E-state index is 0.0941. The topological polar surface area (TPSA) is 83.6 Å². The van der Waals surface area contributed by atoms with Crippen LogP contribution in [0.1, 0.15) is 36.5 Å². The molecule has 4 rings (SSSR count). The van der Waals surface area contributed by atoms with Gasteiger partial charge in [-0.15, -0.1) is 0 Å². The van der Waals surface area contributed by atoms with Gasteiger partial charge in [0.15, 0.2) is 0 Å². The Hall–Kier alpha value is -4.75. The normalized spacial score (nSPS) is 12.3. The number of allylic oxidation sites excluding steroid dienone is 2. The van der Waals surface area contributed by atoms with Crippen LogP contribution < -0.4 is 9.62 Å². The largest absolute Gasteiger partial charge is 0.326 e. The lowest BCUT2D eigenvalue weighted by molar-refractivity contribution is -0.114. The molecule has 1 unspecified atom stereocenters. The van der Waals surface area contributed by atoms with Gasteiger partial charge in [0.25, 0.3) is 15.9 Å². The fourth-order valence-corrected chi connectivity index (χ4v) is 6.02. The smallest absolute Gasteiger partial charge is 0.271 e. The lowest BCUT2D eigenvalue weighted by atomic mass is 9.81. The first kappa shape index (κ1) is 28.3. The molecule has 0 bridgehead atoms. The van der Waals surface area contributed by atoms with Crippen molar-refractivity contribution >= 4 is 38.8 Å². The molecule has 0 saturated carbocycles. The summed E-state index contributed by atoms with van der Waals surface area (Å²) >= 11 is 0. The zero-order valence-electron chi connectivity index (χ0n) is 22.3. The van der Waals surface area contributed by atoms with Crippen molar-refractivity contribution < 1.29 is 18.0 Å². The average molecular weight is 551 g/mol. The van der Waals surface area contributed by atoms with E-state index in [2.05, 4.69) is 42.2 Å². The minimum atomic E-state index is -4.27. The van der Waals surface area contributed by atoms with Crippen LogP contribution in [0.25, 0.3) is 5.57 Å². The number of nitrogens with zero attached hydrogens (tertiary/aromatic N) is 1. The van der Waals surface area contributed by atoms with Crippen LogP contribution in [-0.2, 0) is 19.6 Å². The molecule has 0 aliphatic heterocycles. The van der Waals surface area contributed by atoms with Gasteiger partial charge in [0.1, 0.15) is 0 Å². The number of hydrogen-bond donors (Lipinski definition) is 1. The summed E-state index contributed by atoms with van der Waals surface area (Å²) in [4.78, 5) is 24.1. The third kappa shape index (κ3) is 6.11. The number of benzene rings is 4. The number of nitrogens with one attached hydrogen (secondary N) is 1. The van der Waals surface area contributed by atoms with Crippen LogP contribution in [-0.4, -0.2) is 20.2 Å². The van der Waals surface area contributed by atoms with Crippen molar-refractivity contribution in [2.45, 2.75) is 24.7 Å². The van der Waals surface area contributed by atoms with Crippen molar-refractivity contribution in [1.29, 1.82) is 0 Å². The zero-order chi connectivity index (χ0) is 28.7. The summed E-state index contributed by atoms with van der Waals surface area (Å²) in [6, 6.07) is 32.8. The van der Waals surface area contributed by atoms with Crippen LogP contribution in [0.15, 0.2) is 133 Å². The van der Waals surface area contributed by atoms with E-state index >= 15 is 0 Å². The summed E-state index contributed by atoms with van der Waals surface area (Å²) in [6.45, 7) is 6.87. The molecule has 0 spiro atoms. The molecular formula is C33H30N2O4S. The molecule has 4 aromatic rings. The van der Waals surface area contributed by atoms with E-state index in [1.54, 1.807) is 12.1 Å². The molecule has 4 aromatic carbocycles. The fraction of sp³-hybridized carbons (Fsp3) is 0.0909. The van der Waals surface area contributed by atoms with E-state index in [1.807, 2.05) is 55.5 Å². The summed E-state index contributed by atoms with van der Waals surface area (Å²) in [5.41, 5.74) is 4.84. The first-order valence-electron chi connectivity index (χ1n) is 12.7. The lowest BCUT2D eigenvalue weighted by Crippen LogP contribution is -2.35. The molecule has 0 saturated heterocycles. The van der Waals surface area contributed by atoms with E-state index in [4.69, 9.17) is 0 Å². The first-order valence-corrected chi connectivity index (χ1v) is 14.2. The summed E-state index contributed by atoms with van der Waals surface area (Å²) in [5, 5.41) is 2.60. The molecule has 7 heteroatoms. The van der Waals surface area contributed by atoms with Crippen LogP contribution in [0.4, 0.5) is 11.4 Å². The van der Waals surface area contributed by atoms with E-state index in [9.17, 15) is 18.0 Å². The minimum Gasteiger partial charge on any atom is -0.326 e. The lowest BCUT2D eigenvalue weighted by Gasteiger charge is -2.25. The second-order valence-electron chi connectivity index (χ2n) is 9.06. The molecule has 0 heterocycles. The van der Waals surface area contributed by atoms with Crippen molar-refractivity contribution in [2.75, 3.05) is 9.62 Å². The third-order valence-electron chi connectivity index (χ3n) is 6.41. The van der Waals surface area contributed by atoms with Gasteiger partial charge in [-0.3, -0.25) is 9.59 Å². The van der Waals surface area contributed by atoms with Crippen LogP contribution >= 0.6 is 0 Å². The number of amides is 2. The molecule has 1 atom stereocenters. The zero-order valence-corrected chi connectivity index (χ0v) is 23.1. The van der Waals surface area contributed by atoms with Gasteiger partial charge in [0.2, 0.25) is 5.91 Å². The van der Waals surface area contributed by atoms with Crippen LogP contribution in [0.5, 0.6) is 0 Å².